The summed E-state index contributed by atoms with van der Waals surface area (Å²) >= 11 is 6.10. The van der Waals surface area contributed by atoms with Gasteiger partial charge in [-0.1, -0.05) is 35.0 Å². The van der Waals surface area contributed by atoms with Gasteiger partial charge < -0.3 is 9.84 Å². The minimum absolute atomic E-state index is 0.0223. The lowest BCUT2D eigenvalue weighted by molar-refractivity contribution is -0.115. The maximum Gasteiger partial charge on any atom is 0.240 e. The van der Waals surface area contributed by atoms with E-state index in [1.54, 1.807) is 13.0 Å². The Balaban J connectivity index is 1.85. The van der Waals surface area contributed by atoms with Crippen LogP contribution in [0.5, 0.6) is 0 Å². The van der Waals surface area contributed by atoms with E-state index in [2.05, 4.69) is 15.8 Å². The van der Waals surface area contributed by atoms with Gasteiger partial charge >= 0.3 is 0 Å². The van der Waals surface area contributed by atoms with E-state index in [4.69, 9.17) is 16.1 Å². The lowest BCUT2D eigenvalue weighted by atomic mass is 10.1. The van der Waals surface area contributed by atoms with Crippen LogP contribution in [0.1, 0.15) is 24.2 Å². The Morgan fingerprint density at radius 2 is 2.20 bits per heavy atom. The fourth-order valence-electron chi connectivity index (χ4n) is 1.79. The monoisotopic (exact) mass is 293 g/mol. The van der Waals surface area contributed by atoms with Gasteiger partial charge in [-0.3, -0.25) is 10.1 Å². The molecule has 2 rings (SSSR count). The molecule has 106 valence electrons. The van der Waals surface area contributed by atoms with Crippen molar-refractivity contribution in [1.82, 2.24) is 10.5 Å². The number of aryl methyl sites for hydroxylation is 1. The van der Waals surface area contributed by atoms with Gasteiger partial charge in [-0.05, 0) is 25.5 Å². The number of benzene rings is 1. The number of hydrogen-bond donors (Lipinski definition) is 2. The molecule has 0 aliphatic carbocycles. The van der Waals surface area contributed by atoms with E-state index in [1.807, 2.05) is 31.2 Å². The number of rotatable bonds is 5. The Morgan fingerprint density at radius 1 is 1.45 bits per heavy atom. The van der Waals surface area contributed by atoms with E-state index in [-0.39, 0.29) is 18.5 Å². The minimum atomic E-state index is -0.194. The first kappa shape index (κ1) is 14.6. The van der Waals surface area contributed by atoms with E-state index in [0.29, 0.717) is 10.9 Å². The zero-order valence-corrected chi connectivity index (χ0v) is 12.1. The van der Waals surface area contributed by atoms with Crippen LogP contribution in [0.25, 0.3) is 0 Å². The number of hydrogen-bond acceptors (Lipinski definition) is 4. The summed E-state index contributed by atoms with van der Waals surface area (Å²) in [4.78, 5) is 11.7. The van der Waals surface area contributed by atoms with E-state index in [9.17, 15) is 4.79 Å². The largest absolute Gasteiger partial charge is 0.338 e. The Morgan fingerprint density at radius 3 is 2.85 bits per heavy atom. The van der Waals surface area contributed by atoms with Gasteiger partial charge in [0.15, 0.2) is 0 Å². The van der Waals surface area contributed by atoms with Gasteiger partial charge in [-0.15, -0.1) is 0 Å². The molecule has 0 unspecified atom stereocenters. The minimum Gasteiger partial charge on any atom is -0.338 e. The van der Waals surface area contributed by atoms with E-state index >= 15 is 0 Å². The van der Waals surface area contributed by atoms with Gasteiger partial charge in [0.25, 0.3) is 0 Å². The van der Waals surface area contributed by atoms with Crippen LogP contribution in [0.3, 0.4) is 0 Å². The first-order chi connectivity index (χ1) is 9.56. The van der Waals surface area contributed by atoms with Crippen molar-refractivity contribution in [2.45, 2.75) is 19.9 Å². The average molecular weight is 294 g/mol. The molecule has 5 nitrogen and oxygen atoms in total. The van der Waals surface area contributed by atoms with Crippen molar-refractivity contribution < 1.29 is 9.32 Å². The number of halogens is 1. The molecule has 1 heterocycles. The number of nitrogens with one attached hydrogen (secondary N) is 2. The number of nitrogens with zero attached hydrogens (tertiary/aromatic N) is 1. The molecule has 2 N–H and O–H groups in total. The summed E-state index contributed by atoms with van der Waals surface area (Å²) in [6, 6.07) is 9.18. The Bertz CT molecular complexity index is 598. The molecule has 0 saturated carbocycles. The van der Waals surface area contributed by atoms with Crippen LogP contribution in [-0.2, 0) is 4.79 Å². The van der Waals surface area contributed by atoms with Crippen LogP contribution in [-0.4, -0.2) is 17.6 Å². The number of amides is 1. The molecular weight excluding hydrogens is 278 g/mol. The summed E-state index contributed by atoms with van der Waals surface area (Å²) in [7, 11) is 0. The van der Waals surface area contributed by atoms with E-state index in [0.717, 1.165) is 11.3 Å². The molecule has 20 heavy (non-hydrogen) atoms. The maximum absolute atomic E-state index is 11.7. The molecule has 0 saturated heterocycles. The van der Waals surface area contributed by atoms with Crippen molar-refractivity contribution in [3.8, 4) is 0 Å². The lowest BCUT2D eigenvalue weighted by Gasteiger charge is -2.15. The van der Waals surface area contributed by atoms with E-state index in [1.165, 1.54) is 0 Å². The van der Waals surface area contributed by atoms with Crippen molar-refractivity contribution in [2.24, 2.45) is 0 Å². The van der Waals surface area contributed by atoms with Crippen LogP contribution >= 0.6 is 11.6 Å². The number of aromatic nitrogens is 1. The van der Waals surface area contributed by atoms with Crippen molar-refractivity contribution in [3.63, 3.8) is 0 Å². The van der Waals surface area contributed by atoms with Gasteiger partial charge in [-0.2, -0.15) is 0 Å². The highest BCUT2D eigenvalue weighted by atomic mass is 35.5. The van der Waals surface area contributed by atoms with Crippen LogP contribution in [0.2, 0.25) is 5.02 Å². The van der Waals surface area contributed by atoms with Gasteiger partial charge in [0.1, 0.15) is 0 Å². The molecule has 0 spiro atoms. The highest BCUT2D eigenvalue weighted by Crippen LogP contribution is 2.21. The highest BCUT2D eigenvalue weighted by molar-refractivity contribution is 6.31. The Labute approximate surface area is 122 Å². The van der Waals surface area contributed by atoms with Crippen LogP contribution in [0.4, 0.5) is 5.88 Å². The summed E-state index contributed by atoms with van der Waals surface area (Å²) in [6.07, 6.45) is 0. The van der Waals surface area contributed by atoms with Gasteiger partial charge in [0, 0.05) is 17.1 Å². The summed E-state index contributed by atoms with van der Waals surface area (Å²) in [5.74, 6) is 0.153. The Kier molecular flexibility index (Phi) is 4.76. The zero-order valence-electron chi connectivity index (χ0n) is 11.3. The predicted molar refractivity (Wildman–Crippen MR) is 77.7 cm³/mol. The third-order valence-corrected chi connectivity index (χ3v) is 3.18. The molecule has 1 aromatic carbocycles. The third kappa shape index (κ3) is 3.82. The SMILES string of the molecule is Cc1cc(NC(=O)CN[C@@H](C)c2ccccc2Cl)on1. The van der Waals surface area contributed by atoms with Crippen molar-refractivity contribution in [1.29, 1.82) is 0 Å². The van der Waals surface area contributed by atoms with Crippen LogP contribution < -0.4 is 10.6 Å². The van der Waals surface area contributed by atoms with Crippen molar-refractivity contribution in [2.75, 3.05) is 11.9 Å². The maximum atomic E-state index is 11.7. The van der Waals surface area contributed by atoms with E-state index < -0.39 is 0 Å². The van der Waals surface area contributed by atoms with Gasteiger partial charge in [0.2, 0.25) is 11.8 Å². The summed E-state index contributed by atoms with van der Waals surface area (Å²) in [5, 5.41) is 10.1. The summed E-state index contributed by atoms with van der Waals surface area (Å²) < 4.78 is 4.91. The number of carbonyl (C=O) groups is 1. The molecule has 1 aromatic heterocycles. The fourth-order valence-corrected chi connectivity index (χ4v) is 2.09. The molecule has 2 aromatic rings. The third-order valence-electron chi connectivity index (χ3n) is 2.83. The molecule has 1 atom stereocenters. The molecule has 6 heteroatoms. The predicted octanol–water partition coefficient (Wildman–Crippen LogP) is 2.93. The number of carbonyl (C=O) groups excluding carboxylic acids is 1. The van der Waals surface area contributed by atoms with Gasteiger partial charge in [-0.25, -0.2) is 0 Å². The summed E-state index contributed by atoms with van der Waals surface area (Å²) in [6.45, 7) is 3.90. The highest BCUT2D eigenvalue weighted by Gasteiger charge is 2.11. The lowest BCUT2D eigenvalue weighted by Crippen LogP contribution is -2.30. The molecular formula is C14H16ClN3O2. The smallest absolute Gasteiger partial charge is 0.240 e. The van der Waals surface area contributed by atoms with Crippen LogP contribution in [0.15, 0.2) is 34.9 Å². The summed E-state index contributed by atoms with van der Waals surface area (Å²) in [5.41, 5.74) is 1.68. The quantitative estimate of drug-likeness (QED) is 0.889. The first-order valence-electron chi connectivity index (χ1n) is 6.27. The van der Waals surface area contributed by atoms with Crippen LogP contribution in [0, 0.1) is 6.92 Å². The molecule has 0 aliphatic rings. The second kappa shape index (κ2) is 6.54. The molecule has 0 radical (unpaired) electrons. The molecule has 0 aliphatic heterocycles. The molecule has 1 amide bonds. The molecule has 0 bridgehead atoms. The first-order valence-corrected chi connectivity index (χ1v) is 6.65. The number of anilines is 1. The second-order valence-electron chi connectivity index (χ2n) is 4.50. The van der Waals surface area contributed by atoms with Gasteiger partial charge in [0.05, 0.1) is 12.2 Å². The Hall–Kier alpha value is -1.85. The fraction of sp³-hybridized carbons (Fsp3) is 0.286. The standard InChI is InChI=1S/C14H16ClN3O2/c1-9-7-14(20-18-9)17-13(19)8-16-10(2)11-5-3-4-6-12(11)15/h3-7,10,16H,8H2,1-2H3,(H,17,19)/t10-/m0/s1. The van der Waals surface area contributed by atoms with Crippen molar-refractivity contribution in [3.05, 3.63) is 46.6 Å². The normalized spacial score (nSPS) is 12.2. The molecule has 0 fully saturated rings. The topological polar surface area (TPSA) is 67.2 Å². The second-order valence-corrected chi connectivity index (χ2v) is 4.91. The van der Waals surface area contributed by atoms with Crippen molar-refractivity contribution >= 4 is 23.4 Å². The zero-order chi connectivity index (χ0) is 14.5. The average Bonchev–Trinajstić information content (AvgIpc) is 2.82.